The molecule has 1 fully saturated rings. The third kappa shape index (κ3) is 4.01. The SMILES string of the molecule is COc1ccc(C2CCCCN(C(=O)c3ccc(C)c(F)c3)C2)cc1. The molecule has 0 aromatic heterocycles. The number of carbonyl (C=O) groups is 1. The first kappa shape index (κ1) is 17.5. The summed E-state index contributed by atoms with van der Waals surface area (Å²) in [6.45, 7) is 3.09. The Morgan fingerprint density at radius 3 is 2.60 bits per heavy atom. The minimum atomic E-state index is -0.327. The molecule has 25 heavy (non-hydrogen) atoms. The molecule has 1 amide bonds. The molecule has 3 nitrogen and oxygen atoms in total. The predicted octanol–water partition coefficient (Wildman–Crippen LogP) is 4.55. The third-order valence-electron chi connectivity index (χ3n) is 4.96. The number of likely N-dealkylation sites (tertiary alicyclic amines) is 1. The maximum atomic E-state index is 13.8. The van der Waals surface area contributed by atoms with Gasteiger partial charge in [0.2, 0.25) is 0 Å². The van der Waals surface area contributed by atoms with E-state index in [-0.39, 0.29) is 11.7 Å². The first-order valence-corrected chi connectivity index (χ1v) is 8.78. The van der Waals surface area contributed by atoms with Crippen molar-refractivity contribution in [1.29, 1.82) is 0 Å². The maximum absolute atomic E-state index is 13.8. The first-order chi connectivity index (χ1) is 12.1. The molecule has 132 valence electrons. The standard InChI is InChI=1S/C21H24FNO2/c1-15-6-7-17(13-20(15)22)21(24)23-12-4-3-5-18(14-23)16-8-10-19(25-2)11-9-16/h6-11,13,18H,3-5,12,14H2,1-2H3. The Kier molecular flexibility index (Phi) is 5.37. The number of hydrogen-bond donors (Lipinski definition) is 0. The number of halogens is 1. The molecule has 0 N–H and O–H groups in total. The summed E-state index contributed by atoms with van der Waals surface area (Å²) >= 11 is 0. The predicted molar refractivity (Wildman–Crippen MR) is 96.6 cm³/mol. The number of nitrogens with zero attached hydrogens (tertiary/aromatic N) is 1. The Balaban J connectivity index is 1.78. The van der Waals surface area contributed by atoms with Crippen LogP contribution in [-0.4, -0.2) is 31.0 Å². The van der Waals surface area contributed by atoms with E-state index in [9.17, 15) is 9.18 Å². The highest BCUT2D eigenvalue weighted by Crippen LogP contribution is 2.28. The van der Waals surface area contributed by atoms with Gasteiger partial charge in [-0.1, -0.05) is 24.6 Å². The van der Waals surface area contributed by atoms with E-state index in [1.807, 2.05) is 17.0 Å². The first-order valence-electron chi connectivity index (χ1n) is 8.78. The van der Waals surface area contributed by atoms with Crippen molar-refractivity contribution in [2.45, 2.75) is 32.1 Å². The van der Waals surface area contributed by atoms with Gasteiger partial charge in [0, 0.05) is 24.6 Å². The van der Waals surface area contributed by atoms with E-state index >= 15 is 0 Å². The van der Waals surface area contributed by atoms with Gasteiger partial charge in [-0.15, -0.1) is 0 Å². The fourth-order valence-corrected chi connectivity index (χ4v) is 3.38. The van der Waals surface area contributed by atoms with Crippen LogP contribution in [0.1, 0.15) is 46.7 Å². The van der Waals surface area contributed by atoms with Gasteiger partial charge in [0.1, 0.15) is 11.6 Å². The molecule has 1 atom stereocenters. The monoisotopic (exact) mass is 341 g/mol. The number of carbonyl (C=O) groups excluding carboxylic acids is 1. The minimum Gasteiger partial charge on any atom is -0.497 e. The van der Waals surface area contributed by atoms with Crippen LogP contribution in [0.25, 0.3) is 0 Å². The van der Waals surface area contributed by atoms with E-state index in [2.05, 4.69) is 12.1 Å². The quantitative estimate of drug-likeness (QED) is 0.819. The van der Waals surface area contributed by atoms with Gasteiger partial charge >= 0.3 is 0 Å². The lowest BCUT2D eigenvalue weighted by Crippen LogP contribution is -2.34. The Morgan fingerprint density at radius 2 is 1.92 bits per heavy atom. The second-order valence-electron chi connectivity index (χ2n) is 6.68. The Bertz CT molecular complexity index is 742. The molecule has 1 aliphatic rings. The summed E-state index contributed by atoms with van der Waals surface area (Å²) < 4.78 is 19.0. The van der Waals surface area contributed by atoms with Crippen LogP contribution in [0.3, 0.4) is 0 Å². The fraction of sp³-hybridized carbons (Fsp3) is 0.381. The van der Waals surface area contributed by atoms with E-state index in [4.69, 9.17) is 4.74 Å². The lowest BCUT2D eigenvalue weighted by Gasteiger charge is -2.25. The van der Waals surface area contributed by atoms with Gasteiger partial charge in [-0.05, 0) is 55.2 Å². The topological polar surface area (TPSA) is 29.5 Å². The Labute approximate surface area is 148 Å². The van der Waals surface area contributed by atoms with Gasteiger partial charge < -0.3 is 9.64 Å². The van der Waals surface area contributed by atoms with Crippen molar-refractivity contribution < 1.29 is 13.9 Å². The van der Waals surface area contributed by atoms with E-state index in [1.165, 1.54) is 11.6 Å². The molecule has 1 unspecified atom stereocenters. The molecular weight excluding hydrogens is 317 g/mol. The van der Waals surface area contributed by atoms with Crippen molar-refractivity contribution in [3.05, 3.63) is 65.0 Å². The average molecular weight is 341 g/mol. The molecule has 2 aromatic rings. The molecule has 2 aromatic carbocycles. The molecular formula is C21H24FNO2. The largest absolute Gasteiger partial charge is 0.497 e. The summed E-state index contributed by atoms with van der Waals surface area (Å²) in [5, 5.41) is 0. The van der Waals surface area contributed by atoms with Crippen LogP contribution in [0.5, 0.6) is 5.75 Å². The fourth-order valence-electron chi connectivity index (χ4n) is 3.38. The summed E-state index contributed by atoms with van der Waals surface area (Å²) in [7, 11) is 1.65. The summed E-state index contributed by atoms with van der Waals surface area (Å²) in [5.41, 5.74) is 2.21. The average Bonchev–Trinajstić information content (AvgIpc) is 2.90. The number of rotatable bonds is 3. The van der Waals surface area contributed by atoms with Crippen molar-refractivity contribution in [1.82, 2.24) is 4.90 Å². The molecule has 0 bridgehead atoms. The van der Waals surface area contributed by atoms with Crippen LogP contribution < -0.4 is 4.74 Å². The Hall–Kier alpha value is -2.36. The lowest BCUT2D eigenvalue weighted by molar-refractivity contribution is 0.0754. The number of benzene rings is 2. The summed E-state index contributed by atoms with van der Waals surface area (Å²) in [5.74, 6) is 0.722. The molecule has 0 aliphatic carbocycles. The van der Waals surface area contributed by atoms with Crippen molar-refractivity contribution in [2.75, 3.05) is 20.2 Å². The zero-order valence-electron chi connectivity index (χ0n) is 14.8. The van der Waals surface area contributed by atoms with Crippen LogP contribution in [-0.2, 0) is 0 Å². The number of methoxy groups -OCH3 is 1. The smallest absolute Gasteiger partial charge is 0.253 e. The van der Waals surface area contributed by atoms with Gasteiger partial charge in [0.25, 0.3) is 5.91 Å². The molecule has 3 rings (SSSR count). The van der Waals surface area contributed by atoms with Gasteiger partial charge in [-0.2, -0.15) is 0 Å². The van der Waals surface area contributed by atoms with Crippen molar-refractivity contribution in [2.24, 2.45) is 0 Å². The minimum absolute atomic E-state index is 0.0840. The molecule has 1 heterocycles. The lowest BCUT2D eigenvalue weighted by atomic mass is 9.94. The van der Waals surface area contributed by atoms with Gasteiger partial charge in [0.15, 0.2) is 0 Å². The zero-order chi connectivity index (χ0) is 17.8. The third-order valence-corrected chi connectivity index (χ3v) is 4.96. The van der Waals surface area contributed by atoms with Crippen molar-refractivity contribution >= 4 is 5.91 Å². The molecule has 1 aliphatic heterocycles. The van der Waals surface area contributed by atoms with E-state index in [0.29, 0.717) is 23.6 Å². The van der Waals surface area contributed by atoms with Crippen LogP contribution >= 0.6 is 0 Å². The molecule has 1 saturated heterocycles. The number of ether oxygens (including phenoxy) is 1. The number of amides is 1. The van der Waals surface area contributed by atoms with Gasteiger partial charge in [0.05, 0.1) is 7.11 Å². The summed E-state index contributed by atoms with van der Waals surface area (Å²) in [4.78, 5) is 14.7. The number of hydrogen-bond acceptors (Lipinski definition) is 2. The highest BCUT2D eigenvalue weighted by molar-refractivity contribution is 5.94. The van der Waals surface area contributed by atoms with Gasteiger partial charge in [-0.3, -0.25) is 4.79 Å². The van der Waals surface area contributed by atoms with E-state index in [0.717, 1.165) is 31.6 Å². The van der Waals surface area contributed by atoms with Crippen LogP contribution in [0.4, 0.5) is 4.39 Å². The number of aryl methyl sites for hydroxylation is 1. The molecule has 0 saturated carbocycles. The van der Waals surface area contributed by atoms with Crippen molar-refractivity contribution in [3.63, 3.8) is 0 Å². The van der Waals surface area contributed by atoms with E-state index < -0.39 is 0 Å². The Morgan fingerprint density at radius 1 is 1.16 bits per heavy atom. The second-order valence-corrected chi connectivity index (χ2v) is 6.68. The second kappa shape index (κ2) is 7.68. The highest BCUT2D eigenvalue weighted by Gasteiger charge is 2.24. The normalized spacial score (nSPS) is 17.9. The van der Waals surface area contributed by atoms with Crippen molar-refractivity contribution in [3.8, 4) is 5.75 Å². The molecule has 0 spiro atoms. The summed E-state index contributed by atoms with van der Waals surface area (Å²) in [6.07, 6.45) is 3.12. The van der Waals surface area contributed by atoms with E-state index in [1.54, 1.807) is 26.2 Å². The zero-order valence-corrected chi connectivity index (χ0v) is 14.8. The van der Waals surface area contributed by atoms with Crippen LogP contribution in [0.2, 0.25) is 0 Å². The highest BCUT2D eigenvalue weighted by atomic mass is 19.1. The maximum Gasteiger partial charge on any atom is 0.253 e. The molecule has 4 heteroatoms. The van der Waals surface area contributed by atoms with Gasteiger partial charge in [-0.25, -0.2) is 4.39 Å². The van der Waals surface area contributed by atoms with Crippen LogP contribution in [0, 0.1) is 12.7 Å². The van der Waals surface area contributed by atoms with Crippen LogP contribution in [0.15, 0.2) is 42.5 Å². The summed E-state index contributed by atoms with van der Waals surface area (Å²) in [6, 6.07) is 12.8. The molecule has 0 radical (unpaired) electrons.